The highest BCUT2D eigenvalue weighted by molar-refractivity contribution is 6.30. The lowest BCUT2D eigenvalue weighted by Crippen LogP contribution is -2.17. The smallest absolute Gasteiger partial charge is 0.233 e. The van der Waals surface area contributed by atoms with Gasteiger partial charge in [-0.15, -0.1) is 0 Å². The number of halogens is 1. The van der Waals surface area contributed by atoms with Crippen LogP contribution in [0.4, 0.5) is 0 Å². The van der Waals surface area contributed by atoms with Crippen LogP contribution >= 0.6 is 11.6 Å². The number of nitrogens with zero attached hydrogens (tertiary/aromatic N) is 6. The van der Waals surface area contributed by atoms with Crippen LogP contribution in [0.25, 0.3) is 34.4 Å². The summed E-state index contributed by atoms with van der Waals surface area (Å²) in [5.74, 6) is 1.52. The summed E-state index contributed by atoms with van der Waals surface area (Å²) in [6.07, 6.45) is 18.0. The van der Waals surface area contributed by atoms with Gasteiger partial charge in [-0.1, -0.05) is 49.6 Å². The molecule has 34 heavy (non-hydrogen) atoms. The first-order valence-corrected chi connectivity index (χ1v) is 12.0. The summed E-state index contributed by atoms with van der Waals surface area (Å²) >= 11 is 6.26. The molecule has 0 atom stereocenters. The van der Waals surface area contributed by atoms with Crippen molar-refractivity contribution >= 4 is 34.8 Å². The molecule has 0 unspecified atom stereocenters. The minimum absolute atomic E-state index is 0.128. The van der Waals surface area contributed by atoms with Crippen molar-refractivity contribution in [2.24, 2.45) is 11.8 Å². The van der Waals surface area contributed by atoms with Crippen LogP contribution in [-0.2, 0) is 6.54 Å². The highest BCUT2D eigenvalue weighted by atomic mass is 35.5. The number of hydrogen-bond acceptors (Lipinski definition) is 5. The first-order chi connectivity index (χ1) is 16.6. The second-order valence-electron chi connectivity index (χ2n) is 9.08. The minimum atomic E-state index is 0.128. The van der Waals surface area contributed by atoms with Crippen molar-refractivity contribution in [1.82, 2.24) is 24.5 Å². The van der Waals surface area contributed by atoms with Crippen molar-refractivity contribution in [2.45, 2.75) is 39.2 Å². The van der Waals surface area contributed by atoms with Crippen LogP contribution < -0.4 is 0 Å². The SMILES string of the molecule is CC1CCC(Cn2cc(/C=C/c3cccnc3)c3nc(C#N)nc(-c4cncc(Cl)c4)c32)CC1. The fraction of sp³-hybridized carbons (Fsp3) is 0.296. The van der Waals surface area contributed by atoms with Gasteiger partial charge in [0.25, 0.3) is 0 Å². The van der Waals surface area contributed by atoms with E-state index in [0.29, 0.717) is 16.6 Å². The summed E-state index contributed by atoms with van der Waals surface area (Å²) in [7, 11) is 0. The van der Waals surface area contributed by atoms with E-state index in [-0.39, 0.29) is 5.82 Å². The zero-order chi connectivity index (χ0) is 23.5. The molecule has 1 aliphatic rings. The number of pyridine rings is 2. The van der Waals surface area contributed by atoms with E-state index in [1.165, 1.54) is 25.7 Å². The van der Waals surface area contributed by atoms with E-state index in [2.05, 4.69) is 43.7 Å². The molecule has 7 heteroatoms. The van der Waals surface area contributed by atoms with Crippen molar-refractivity contribution in [1.29, 1.82) is 5.26 Å². The molecule has 0 N–H and O–H groups in total. The standard InChI is InChI=1S/C27H25ClN6/c1-18-4-6-20(7-5-18)16-34-17-21(9-8-19-3-2-10-30-13-19)25-27(34)26(33-24(12-29)32-25)22-11-23(28)15-31-14-22/h2-3,8-11,13-15,17-18,20H,4-7,16H2,1H3/b9-8+. The lowest BCUT2D eigenvalue weighted by molar-refractivity contribution is 0.267. The highest BCUT2D eigenvalue weighted by Crippen LogP contribution is 2.34. The average Bonchev–Trinajstić information content (AvgIpc) is 3.21. The topological polar surface area (TPSA) is 80.3 Å². The Morgan fingerprint density at radius 3 is 2.71 bits per heavy atom. The van der Waals surface area contributed by atoms with Gasteiger partial charge in [0.1, 0.15) is 17.3 Å². The summed E-state index contributed by atoms with van der Waals surface area (Å²) in [5.41, 5.74) is 5.06. The maximum Gasteiger partial charge on any atom is 0.233 e. The fourth-order valence-corrected chi connectivity index (χ4v) is 4.90. The Kier molecular flexibility index (Phi) is 6.37. The van der Waals surface area contributed by atoms with Crippen LogP contribution in [0.15, 0.2) is 49.2 Å². The monoisotopic (exact) mass is 468 g/mol. The van der Waals surface area contributed by atoms with Gasteiger partial charge in [0.15, 0.2) is 0 Å². The lowest BCUT2D eigenvalue weighted by Gasteiger charge is -2.26. The third kappa shape index (κ3) is 4.71. The fourth-order valence-electron chi connectivity index (χ4n) is 4.73. The Bertz CT molecular complexity index is 1380. The maximum atomic E-state index is 9.66. The molecule has 0 saturated heterocycles. The summed E-state index contributed by atoms with van der Waals surface area (Å²) < 4.78 is 2.26. The molecule has 5 rings (SSSR count). The van der Waals surface area contributed by atoms with Crippen molar-refractivity contribution in [3.63, 3.8) is 0 Å². The number of nitriles is 1. The number of aromatic nitrogens is 5. The average molecular weight is 469 g/mol. The molecule has 1 saturated carbocycles. The molecule has 0 aromatic carbocycles. The molecule has 4 aromatic heterocycles. The molecular formula is C27H25ClN6. The van der Waals surface area contributed by atoms with Crippen LogP contribution in [0, 0.1) is 23.2 Å². The summed E-state index contributed by atoms with van der Waals surface area (Å²) in [5, 5.41) is 10.2. The molecular weight excluding hydrogens is 444 g/mol. The van der Waals surface area contributed by atoms with E-state index in [1.54, 1.807) is 18.6 Å². The van der Waals surface area contributed by atoms with E-state index in [4.69, 9.17) is 11.6 Å². The first kappa shape index (κ1) is 22.2. The zero-order valence-electron chi connectivity index (χ0n) is 19.0. The van der Waals surface area contributed by atoms with Crippen LogP contribution in [-0.4, -0.2) is 24.5 Å². The molecule has 0 spiro atoms. The predicted octanol–water partition coefficient (Wildman–Crippen LogP) is 6.41. The van der Waals surface area contributed by atoms with Gasteiger partial charge in [-0.05, 0) is 42.4 Å². The van der Waals surface area contributed by atoms with Gasteiger partial charge in [-0.3, -0.25) is 9.97 Å². The van der Waals surface area contributed by atoms with Gasteiger partial charge in [0.2, 0.25) is 5.82 Å². The minimum Gasteiger partial charge on any atom is -0.343 e. The Labute approximate surface area is 204 Å². The van der Waals surface area contributed by atoms with Gasteiger partial charge >= 0.3 is 0 Å². The third-order valence-corrected chi connectivity index (χ3v) is 6.75. The second kappa shape index (κ2) is 9.74. The summed E-state index contributed by atoms with van der Waals surface area (Å²) in [4.78, 5) is 17.7. The van der Waals surface area contributed by atoms with Crippen LogP contribution in [0.5, 0.6) is 0 Å². The molecule has 0 bridgehead atoms. The van der Waals surface area contributed by atoms with Crippen molar-refractivity contribution in [3.8, 4) is 17.3 Å². The molecule has 0 radical (unpaired) electrons. The molecule has 170 valence electrons. The molecule has 4 heterocycles. The van der Waals surface area contributed by atoms with E-state index >= 15 is 0 Å². The predicted molar refractivity (Wildman–Crippen MR) is 135 cm³/mol. The quantitative estimate of drug-likeness (QED) is 0.338. The van der Waals surface area contributed by atoms with Gasteiger partial charge in [0.05, 0.1) is 10.5 Å². The lowest BCUT2D eigenvalue weighted by atomic mass is 9.83. The molecule has 0 amide bonds. The van der Waals surface area contributed by atoms with Crippen molar-refractivity contribution in [2.75, 3.05) is 0 Å². The van der Waals surface area contributed by atoms with Gasteiger partial charge in [-0.2, -0.15) is 5.26 Å². The van der Waals surface area contributed by atoms with Crippen LogP contribution in [0.3, 0.4) is 0 Å². The number of hydrogen-bond donors (Lipinski definition) is 0. The molecule has 1 aliphatic carbocycles. The largest absolute Gasteiger partial charge is 0.343 e. The summed E-state index contributed by atoms with van der Waals surface area (Å²) in [6.45, 7) is 3.23. The molecule has 0 aliphatic heterocycles. The molecule has 4 aromatic rings. The van der Waals surface area contributed by atoms with Crippen molar-refractivity contribution in [3.05, 3.63) is 71.2 Å². The van der Waals surface area contributed by atoms with E-state index in [9.17, 15) is 5.26 Å². The van der Waals surface area contributed by atoms with Crippen LogP contribution in [0.2, 0.25) is 5.02 Å². The van der Waals surface area contributed by atoms with E-state index in [0.717, 1.165) is 40.2 Å². The Morgan fingerprint density at radius 2 is 1.97 bits per heavy atom. The van der Waals surface area contributed by atoms with E-state index < -0.39 is 0 Å². The normalized spacial score (nSPS) is 18.4. The van der Waals surface area contributed by atoms with E-state index in [1.807, 2.05) is 36.5 Å². The Morgan fingerprint density at radius 1 is 1.12 bits per heavy atom. The highest BCUT2D eigenvalue weighted by Gasteiger charge is 2.22. The summed E-state index contributed by atoms with van der Waals surface area (Å²) in [6, 6.07) is 7.87. The molecule has 6 nitrogen and oxygen atoms in total. The number of fused-ring (bicyclic) bond motifs is 1. The molecule has 1 fully saturated rings. The van der Waals surface area contributed by atoms with Gasteiger partial charge in [0, 0.05) is 48.7 Å². The van der Waals surface area contributed by atoms with Gasteiger partial charge in [-0.25, -0.2) is 9.97 Å². The third-order valence-electron chi connectivity index (χ3n) is 6.55. The second-order valence-corrected chi connectivity index (χ2v) is 9.52. The van der Waals surface area contributed by atoms with Crippen molar-refractivity contribution < 1.29 is 0 Å². The Balaban J connectivity index is 1.67. The first-order valence-electron chi connectivity index (χ1n) is 11.6. The maximum absolute atomic E-state index is 9.66. The van der Waals surface area contributed by atoms with Crippen LogP contribution in [0.1, 0.15) is 49.6 Å². The Hall–Kier alpha value is -3.56. The zero-order valence-corrected chi connectivity index (χ0v) is 19.8. The number of rotatable bonds is 5. The van der Waals surface area contributed by atoms with Gasteiger partial charge < -0.3 is 4.57 Å².